The molecule has 0 unspecified atom stereocenters. The molecule has 0 heterocycles. The molecule has 0 aliphatic heterocycles. The Balaban J connectivity index is 4.21. The number of hydrogen-bond acceptors (Lipinski definition) is 3. The monoisotopic (exact) mass is 218 g/mol. The quantitative estimate of drug-likeness (QED) is 0.479. The second-order valence-corrected chi connectivity index (χ2v) is 4.99. The molecule has 5 heteroatoms. The van der Waals surface area contributed by atoms with Crippen molar-refractivity contribution >= 4 is 10.0 Å². The number of rotatable bonds is 7. The second kappa shape index (κ2) is 6.82. The van der Waals surface area contributed by atoms with Crippen molar-refractivity contribution in [2.75, 3.05) is 32.4 Å². The van der Waals surface area contributed by atoms with E-state index in [0.29, 0.717) is 19.5 Å². The molecule has 14 heavy (non-hydrogen) atoms. The third kappa shape index (κ3) is 4.61. The van der Waals surface area contributed by atoms with Gasteiger partial charge in [0.1, 0.15) is 0 Å². The van der Waals surface area contributed by atoms with Crippen LogP contribution in [-0.4, -0.2) is 45.2 Å². The van der Waals surface area contributed by atoms with Gasteiger partial charge in [0, 0.05) is 6.54 Å². The van der Waals surface area contributed by atoms with Crippen molar-refractivity contribution in [1.82, 2.24) is 9.62 Å². The first-order valence-corrected chi connectivity index (χ1v) is 6.25. The molecule has 0 atom stereocenters. The highest BCUT2D eigenvalue weighted by Crippen LogP contribution is 2.01. The van der Waals surface area contributed by atoms with Crippen molar-refractivity contribution in [3.05, 3.63) is 0 Å². The van der Waals surface area contributed by atoms with E-state index in [2.05, 4.69) is 11.2 Å². The molecule has 4 nitrogen and oxygen atoms in total. The maximum absolute atomic E-state index is 11.6. The van der Waals surface area contributed by atoms with E-state index in [-0.39, 0.29) is 12.3 Å². The number of hydrogen-bond donors (Lipinski definition) is 1. The van der Waals surface area contributed by atoms with E-state index in [0.717, 1.165) is 0 Å². The molecule has 0 aromatic carbocycles. The van der Waals surface area contributed by atoms with Gasteiger partial charge < -0.3 is 5.32 Å². The van der Waals surface area contributed by atoms with Crippen LogP contribution in [-0.2, 0) is 10.0 Å². The van der Waals surface area contributed by atoms with Crippen molar-refractivity contribution < 1.29 is 8.42 Å². The molecule has 0 spiro atoms. The van der Waals surface area contributed by atoms with Crippen molar-refractivity contribution in [2.45, 2.75) is 13.3 Å². The Morgan fingerprint density at radius 3 is 2.57 bits per heavy atom. The smallest absolute Gasteiger partial charge is 0.215 e. The first-order chi connectivity index (χ1) is 6.58. The number of nitrogens with one attached hydrogen (secondary N) is 1. The van der Waals surface area contributed by atoms with Crippen LogP contribution in [0.2, 0.25) is 0 Å². The molecule has 0 radical (unpaired) electrons. The van der Waals surface area contributed by atoms with Gasteiger partial charge in [0.15, 0.2) is 0 Å². The van der Waals surface area contributed by atoms with Crippen molar-refractivity contribution in [3.63, 3.8) is 0 Å². The van der Waals surface area contributed by atoms with Gasteiger partial charge in [0.05, 0.1) is 12.3 Å². The summed E-state index contributed by atoms with van der Waals surface area (Å²) in [5.74, 6) is 2.50. The van der Waals surface area contributed by atoms with E-state index >= 15 is 0 Å². The molecule has 0 aliphatic carbocycles. The fraction of sp³-hybridized carbons (Fsp3) is 0.778. The Hall–Kier alpha value is -0.570. The molecule has 0 fully saturated rings. The molecule has 0 aliphatic rings. The fourth-order valence-corrected chi connectivity index (χ4v) is 2.50. The largest absolute Gasteiger partial charge is 0.320 e. The molecular formula is C9H18N2O2S. The van der Waals surface area contributed by atoms with E-state index in [1.165, 1.54) is 4.31 Å². The normalized spacial score (nSPS) is 11.6. The third-order valence-electron chi connectivity index (χ3n) is 1.84. The molecule has 1 N–H and O–H groups in total. The first-order valence-electron chi connectivity index (χ1n) is 4.64. The van der Waals surface area contributed by atoms with Gasteiger partial charge in [-0.2, -0.15) is 4.31 Å². The SMILES string of the molecule is C#CCN(CC)S(=O)(=O)CCCNC. The lowest BCUT2D eigenvalue weighted by Gasteiger charge is -2.17. The van der Waals surface area contributed by atoms with Crippen molar-refractivity contribution in [1.29, 1.82) is 0 Å². The molecule has 0 aromatic rings. The van der Waals surface area contributed by atoms with Crippen LogP contribution in [0.25, 0.3) is 0 Å². The first kappa shape index (κ1) is 13.4. The average Bonchev–Trinajstić information content (AvgIpc) is 2.14. The molecule has 0 saturated heterocycles. The lowest BCUT2D eigenvalue weighted by molar-refractivity contribution is 0.462. The summed E-state index contributed by atoms with van der Waals surface area (Å²) in [6.07, 6.45) is 5.70. The van der Waals surface area contributed by atoms with Crippen LogP contribution in [0.15, 0.2) is 0 Å². The van der Waals surface area contributed by atoms with E-state index in [9.17, 15) is 8.42 Å². The molecule has 0 bridgehead atoms. The Morgan fingerprint density at radius 1 is 1.50 bits per heavy atom. The molecule has 0 aromatic heterocycles. The minimum absolute atomic E-state index is 0.156. The standard InChI is InChI=1S/C9H18N2O2S/c1-4-8-11(5-2)14(12,13)9-6-7-10-3/h1,10H,5-9H2,2-3H3. The third-order valence-corrected chi connectivity index (χ3v) is 3.82. The summed E-state index contributed by atoms with van der Waals surface area (Å²) in [5.41, 5.74) is 0. The van der Waals surface area contributed by atoms with Crippen LogP contribution < -0.4 is 5.32 Å². The van der Waals surface area contributed by atoms with Gasteiger partial charge in [-0.05, 0) is 20.0 Å². The minimum atomic E-state index is -3.16. The minimum Gasteiger partial charge on any atom is -0.320 e. The fourth-order valence-electron chi connectivity index (χ4n) is 1.07. The Kier molecular flexibility index (Phi) is 6.54. The zero-order chi connectivity index (χ0) is 11.0. The lowest BCUT2D eigenvalue weighted by Crippen LogP contribution is -2.33. The highest BCUT2D eigenvalue weighted by Gasteiger charge is 2.18. The van der Waals surface area contributed by atoms with Crippen molar-refractivity contribution in [2.24, 2.45) is 0 Å². The molecular weight excluding hydrogens is 200 g/mol. The average molecular weight is 218 g/mol. The van der Waals surface area contributed by atoms with Gasteiger partial charge in [-0.1, -0.05) is 12.8 Å². The van der Waals surface area contributed by atoms with Gasteiger partial charge >= 0.3 is 0 Å². The van der Waals surface area contributed by atoms with Gasteiger partial charge in [0.25, 0.3) is 0 Å². The Morgan fingerprint density at radius 2 is 2.14 bits per heavy atom. The summed E-state index contributed by atoms with van der Waals surface area (Å²) in [5, 5.41) is 2.91. The van der Waals surface area contributed by atoms with Crippen LogP contribution in [0.1, 0.15) is 13.3 Å². The lowest BCUT2D eigenvalue weighted by atomic mass is 10.5. The molecule has 0 saturated carbocycles. The van der Waals surface area contributed by atoms with Gasteiger partial charge in [-0.3, -0.25) is 0 Å². The summed E-state index contributed by atoms with van der Waals surface area (Å²) in [7, 11) is -1.36. The summed E-state index contributed by atoms with van der Waals surface area (Å²) >= 11 is 0. The summed E-state index contributed by atoms with van der Waals surface area (Å²) in [4.78, 5) is 0. The predicted molar refractivity (Wildman–Crippen MR) is 58.4 cm³/mol. The maximum Gasteiger partial charge on any atom is 0.215 e. The summed E-state index contributed by atoms with van der Waals surface area (Å²) in [6.45, 7) is 3.09. The number of terminal acetylenes is 1. The Labute approximate surface area is 86.7 Å². The van der Waals surface area contributed by atoms with E-state index in [1.54, 1.807) is 14.0 Å². The van der Waals surface area contributed by atoms with E-state index < -0.39 is 10.0 Å². The van der Waals surface area contributed by atoms with Crippen molar-refractivity contribution in [3.8, 4) is 12.3 Å². The molecule has 0 amide bonds. The van der Waals surface area contributed by atoms with Crippen LogP contribution >= 0.6 is 0 Å². The highest BCUT2D eigenvalue weighted by atomic mass is 32.2. The summed E-state index contributed by atoms with van der Waals surface area (Å²) < 4.78 is 24.6. The van der Waals surface area contributed by atoms with Crippen LogP contribution in [0.4, 0.5) is 0 Å². The van der Waals surface area contributed by atoms with Crippen LogP contribution in [0.5, 0.6) is 0 Å². The highest BCUT2D eigenvalue weighted by molar-refractivity contribution is 7.89. The zero-order valence-electron chi connectivity index (χ0n) is 8.78. The van der Waals surface area contributed by atoms with E-state index in [1.807, 2.05) is 0 Å². The van der Waals surface area contributed by atoms with Gasteiger partial charge in [-0.15, -0.1) is 6.42 Å². The zero-order valence-corrected chi connectivity index (χ0v) is 9.60. The molecule has 82 valence electrons. The van der Waals surface area contributed by atoms with Crippen LogP contribution in [0, 0.1) is 12.3 Å². The topological polar surface area (TPSA) is 49.4 Å². The predicted octanol–water partition coefficient (Wildman–Crippen LogP) is -0.119. The van der Waals surface area contributed by atoms with Crippen LogP contribution in [0.3, 0.4) is 0 Å². The Bertz CT molecular complexity index is 280. The van der Waals surface area contributed by atoms with Gasteiger partial charge in [0.2, 0.25) is 10.0 Å². The second-order valence-electron chi connectivity index (χ2n) is 2.90. The summed E-state index contributed by atoms with van der Waals surface area (Å²) in [6, 6.07) is 0. The van der Waals surface area contributed by atoms with Gasteiger partial charge in [-0.25, -0.2) is 8.42 Å². The van der Waals surface area contributed by atoms with E-state index in [4.69, 9.17) is 6.42 Å². The number of sulfonamides is 1. The maximum atomic E-state index is 11.6. The number of nitrogens with zero attached hydrogens (tertiary/aromatic N) is 1. The molecule has 0 rings (SSSR count).